The lowest BCUT2D eigenvalue weighted by molar-refractivity contribution is 0.522. The van der Waals surface area contributed by atoms with Gasteiger partial charge >= 0.3 is 0 Å². The molecule has 0 fully saturated rings. The molecule has 0 radical (unpaired) electrons. The van der Waals surface area contributed by atoms with Gasteiger partial charge in [0.1, 0.15) is 5.52 Å². The number of aromatic nitrogens is 1. The fourth-order valence-electron chi connectivity index (χ4n) is 2.85. The van der Waals surface area contributed by atoms with Gasteiger partial charge in [-0.25, -0.2) is 4.98 Å². The van der Waals surface area contributed by atoms with Crippen LogP contribution in [0.4, 0.5) is 5.69 Å². The second-order valence-corrected chi connectivity index (χ2v) is 5.53. The van der Waals surface area contributed by atoms with E-state index in [4.69, 9.17) is 10.2 Å². The topological polar surface area (TPSA) is 52.0 Å². The zero-order chi connectivity index (χ0) is 15.6. The first kappa shape index (κ1) is 13.6. The summed E-state index contributed by atoms with van der Waals surface area (Å²) in [5.74, 6) is 0.647. The summed E-state index contributed by atoms with van der Waals surface area (Å²) in [5.41, 5.74) is 10.4. The molecule has 2 N–H and O–H groups in total. The summed E-state index contributed by atoms with van der Waals surface area (Å²) in [6.07, 6.45) is 0. The monoisotopic (exact) mass is 300 g/mol. The highest BCUT2D eigenvalue weighted by atomic mass is 16.3. The molecule has 0 spiro atoms. The van der Waals surface area contributed by atoms with Crippen molar-refractivity contribution in [1.29, 1.82) is 0 Å². The van der Waals surface area contributed by atoms with Gasteiger partial charge in [-0.15, -0.1) is 0 Å². The zero-order valence-corrected chi connectivity index (χ0v) is 12.5. The summed E-state index contributed by atoms with van der Waals surface area (Å²) >= 11 is 0. The molecular formula is C20H16N2O. The molecule has 0 saturated carbocycles. The number of fused-ring (bicyclic) bond motifs is 1. The van der Waals surface area contributed by atoms with Crippen LogP contribution in [-0.2, 0) is 0 Å². The summed E-state index contributed by atoms with van der Waals surface area (Å²) in [7, 11) is 0. The maximum atomic E-state index is 6.03. The lowest BCUT2D eigenvalue weighted by atomic mass is 9.91. The van der Waals surface area contributed by atoms with Crippen LogP contribution in [0, 0.1) is 0 Å². The third kappa shape index (κ3) is 2.57. The summed E-state index contributed by atoms with van der Waals surface area (Å²) in [5, 5.41) is 0. The number of nitrogens with zero attached hydrogens (tertiary/aromatic N) is 1. The second-order valence-electron chi connectivity index (χ2n) is 5.53. The molecule has 3 aromatic carbocycles. The molecule has 0 saturated heterocycles. The van der Waals surface area contributed by atoms with Crippen LogP contribution < -0.4 is 5.73 Å². The fraction of sp³-hybridized carbons (Fsp3) is 0.0500. The number of hydrogen-bond donors (Lipinski definition) is 1. The van der Waals surface area contributed by atoms with Crippen molar-refractivity contribution in [2.75, 3.05) is 5.73 Å². The Labute approximate surface area is 134 Å². The molecule has 0 amide bonds. The first-order valence-electron chi connectivity index (χ1n) is 7.57. The largest absolute Gasteiger partial charge is 0.440 e. The molecule has 0 unspecified atom stereocenters. The first-order valence-corrected chi connectivity index (χ1v) is 7.57. The van der Waals surface area contributed by atoms with Gasteiger partial charge in [0.15, 0.2) is 5.58 Å². The minimum absolute atomic E-state index is 0.0361. The van der Waals surface area contributed by atoms with E-state index < -0.39 is 0 Å². The standard InChI is InChI=1S/C20H16N2O/c21-16-11-12-18-17(13-16)22-20(23-18)19(14-7-3-1-4-8-14)15-9-5-2-6-10-15/h1-13,19H,21H2. The van der Waals surface area contributed by atoms with Crippen LogP contribution in [0.5, 0.6) is 0 Å². The van der Waals surface area contributed by atoms with Crippen molar-refractivity contribution in [3.05, 3.63) is 95.9 Å². The van der Waals surface area contributed by atoms with Crippen molar-refractivity contribution in [2.24, 2.45) is 0 Å². The molecule has 0 atom stereocenters. The summed E-state index contributed by atoms with van der Waals surface area (Å²) in [6.45, 7) is 0. The van der Waals surface area contributed by atoms with Gasteiger partial charge in [-0.2, -0.15) is 0 Å². The summed E-state index contributed by atoms with van der Waals surface area (Å²) in [6, 6.07) is 26.1. The Bertz CT molecular complexity index is 890. The van der Waals surface area contributed by atoms with Crippen molar-refractivity contribution in [1.82, 2.24) is 4.98 Å². The number of hydrogen-bond acceptors (Lipinski definition) is 3. The molecule has 0 aliphatic heterocycles. The number of benzene rings is 3. The van der Waals surface area contributed by atoms with Gasteiger partial charge in [-0.3, -0.25) is 0 Å². The first-order chi connectivity index (χ1) is 11.3. The highest BCUT2D eigenvalue weighted by Gasteiger charge is 2.22. The van der Waals surface area contributed by atoms with Crippen LogP contribution in [0.1, 0.15) is 22.9 Å². The third-order valence-corrected chi connectivity index (χ3v) is 3.94. The van der Waals surface area contributed by atoms with E-state index in [-0.39, 0.29) is 5.92 Å². The van der Waals surface area contributed by atoms with Crippen LogP contribution >= 0.6 is 0 Å². The van der Waals surface area contributed by atoms with Crippen LogP contribution in [0.25, 0.3) is 11.1 Å². The summed E-state index contributed by atoms with van der Waals surface area (Å²) in [4.78, 5) is 4.68. The molecule has 0 aliphatic carbocycles. The highest BCUT2D eigenvalue weighted by Crippen LogP contribution is 2.33. The predicted octanol–water partition coefficient (Wildman–Crippen LogP) is 4.59. The molecular weight excluding hydrogens is 284 g/mol. The van der Waals surface area contributed by atoms with E-state index in [9.17, 15) is 0 Å². The Hall–Kier alpha value is -3.07. The molecule has 4 rings (SSSR count). The van der Waals surface area contributed by atoms with Crippen LogP contribution in [0.15, 0.2) is 83.3 Å². The van der Waals surface area contributed by atoms with Crippen molar-refractivity contribution in [2.45, 2.75) is 5.92 Å². The molecule has 3 heteroatoms. The lowest BCUT2D eigenvalue weighted by Crippen LogP contribution is -2.03. The van der Waals surface area contributed by atoms with E-state index in [2.05, 4.69) is 29.2 Å². The molecule has 0 aliphatic rings. The van der Waals surface area contributed by atoms with E-state index in [1.807, 2.05) is 54.6 Å². The van der Waals surface area contributed by atoms with Crippen molar-refractivity contribution < 1.29 is 4.42 Å². The van der Waals surface area contributed by atoms with Gasteiger partial charge < -0.3 is 10.2 Å². The van der Waals surface area contributed by atoms with Crippen LogP contribution in [0.3, 0.4) is 0 Å². The van der Waals surface area contributed by atoms with Crippen LogP contribution in [0.2, 0.25) is 0 Å². The van der Waals surface area contributed by atoms with E-state index in [0.29, 0.717) is 11.6 Å². The molecule has 4 aromatic rings. The quantitative estimate of drug-likeness (QED) is 0.563. The maximum Gasteiger partial charge on any atom is 0.207 e. The molecule has 1 heterocycles. The number of rotatable bonds is 3. The Morgan fingerprint density at radius 2 is 1.39 bits per heavy atom. The molecule has 0 bridgehead atoms. The van der Waals surface area contributed by atoms with E-state index >= 15 is 0 Å². The molecule has 112 valence electrons. The maximum absolute atomic E-state index is 6.03. The Morgan fingerprint density at radius 3 is 2.00 bits per heavy atom. The van der Waals surface area contributed by atoms with Gasteiger partial charge in [0.25, 0.3) is 0 Å². The average Bonchev–Trinajstić information content (AvgIpc) is 2.99. The molecule has 1 aromatic heterocycles. The zero-order valence-electron chi connectivity index (χ0n) is 12.5. The van der Waals surface area contributed by atoms with Gasteiger partial charge in [0.05, 0.1) is 5.92 Å². The number of nitrogen functional groups attached to an aromatic ring is 1. The third-order valence-electron chi connectivity index (χ3n) is 3.94. The van der Waals surface area contributed by atoms with Crippen molar-refractivity contribution >= 4 is 16.8 Å². The Morgan fingerprint density at radius 1 is 0.783 bits per heavy atom. The lowest BCUT2D eigenvalue weighted by Gasteiger charge is -2.14. The number of anilines is 1. The van der Waals surface area contributed by atoms with Crippen molar-refractivity contribution in [3.8, 4) is 0 Å². The predicted molar refractivity (Wildman–Crippen MR) is 92.3 cm³/mol. The number of oxazole rings is 1. The van der Waals surface area contributed by atoms with Gasteiger partial charge in [-0.1, -0.05) is 60.7 Å². The van der Waals surface area contributed by atoms with Gasteiger partial charge in [-0.05, 0) is 29.3 Å². The highest BCUT2D eigenvalue weighted by molar-refractivity contribution is 5.76. The van der Waals surface area contributed by atoms with Crippen molar-refractivity contribution in [3.63, 3.8) is 0 Å². The van der Waals surface area contributed by atoms with E-state index in [1.54, 1.807) is 0 Å². The van der Waals surface area contributed by atoms with Gasteiger partial charge in [0, 0.05) is 5.69 Å². The van der Waals surface area contributed by atoms with E-state index in [1.165, 1.54) is 0 Å². The van der Waals surface area contributed by atoms with E-state index in [0.717, 1.165) is 22.2 Å². The molecule has 3 nitrogen and oxygen atoms in total. The molecule has 23 heavy (non-hydrogen) atoms. The second kappa shape index (κ2) is 5.61. The smallest absolute Gasteiger partial charge is 0.207 e. The van der Waals surface area contributed by atoms with Gasteiger partial charge in [0.2, 0.25) is 5.89 Å². The Balaban J connectivity index is 1.90. The minimum atomic E-state index is -0.0361. The normalized spacial score (nSPS) is 11.2. The Kier molecular flexibility index (Phi) is 3.31. The minimum Gasteiger partial charge on any atom is -0.440 e. The van der Waals surface area contributed by atoms with Crippen LogP contribution in [-0.4, -0.2) is 4.98 Å². The number of nitrogens with two attached hydrogens (primary N) is 1. The average molecular weight is 300 g/mol. The fourth-order valence-corrected chi connectivity index (χ4v) is 2.85. The summed E-state index contributed by atoms with van der Waals surface area (Å²) < 4.78 is 6.03. The SMILES string of the molecule is Nc1ccc2oc(C(c3ccccc3)c3ccccc3)nc2c1.